The van der Waals surface area contributed by atoms with Crippen molar-refractivity contribution in [3.8, 4) is 0 Å². The zero-order valence-electron chi connectivity index (χ0n) is 19.0. The van der Waals surface area contributed by atoms with E-state index in [1.165, 1.54) is 6.08 Å². The van der Waals surface area contributed by atoms with Gasteiger partial charge in [0.2, 0.25) is 5.91 Å². The SMILES string of the molecule is Cc1cc(/C=C2\NC(=O)N(CC(=O)Nc3ccc(Br)cc3)C2=O)c(C)n1NC(=O)c1ccccc1. The maximum atomic E-state index is 12.8. The first-order valence-electron chi connectivity index (χ1n) is 10.7. The van der Waals surface area contributed by atoms with Crippen LogP contribution in [-0.4, -0.2) is 39.9 Å². The molecule has 9 nitrogen and oxygen atoms in total. The summed E-state index contributed by atoms with van der Waals surface area (Å²) in [6.45, 7) is 3.17. The quantitative estimate of drug-likeness (QED) is 0.329. The molecule has 1 saturated heterocycles. The van der Waals surface area contributed by atoms with Gasteiger partial charge in [0, 0.05) is 27.1 Å². The summed E-state index contributed by atoms with van der Waals surface area (Å²) in [5.74, 6) is -1.39. The highest BCUT2D eigenvalue weighted by Gasteiger charge is 2.35. The van der Waals surface area contributed by atoms with Crippen LogP contribution in [0, 0.1) is 13.8 Å². The molecule has 2 aromatic carbocycles. The molecule has 3 N–H and O–H groups in total. The van der Waals surface area contributed by atoms with Gasteiger partial charge >= 0.3 is 6.03 Å². The van der Waals surface area contributed by atoms with Gasteiger partial charge in [0.25, 0.3) is 11.8 Å². The van der Waals surface area contributed by atoms with Gasteiger partial charge in [0.15, 0.2) is 0 Å². The fourth-order valence-electron chi connectivity index (χ4n) is 3.61. The van der Waals surface area contributed by atoms with Crippen molar-refractivity contribution in [3.05, 3.63) is 93.3 Å². The minimum atomic E-state index is -0.682. The second kappa shape index (κ2) is 9.98. The molecule has 178 valence electrons. The standard InChI is InChI=1S/C25H22BrN5O4/c1-15-12-18(16(2)31(15)29-23(33)17-6-4-3-5-7-17)13-21-24(34)30(25(35)28-21)14-22(32)27-20-10-8-19(26)9-11-20/h3-13H,14H2,1-2H3,(H,27,32)(H,28,35)(H,29,33)/b21-13-. The number of halogens is 1. The van der Waals surface area contributed by atoms with E-state index in [1.807, 2.05) is 13.0 Å². The Bertz CT molecular complexity index is 1350. The van der Waals surface area contributed by atoms with Crippen molar-refractivity contribution >= 4 is 51.4 Å². The van der Waals surface area contributed by atoms with E-state index in [-0.39, 0.29) is 11.6 Å². The van der Waals surface area contributed by atoms with Gasteiger partial charge < -0.3 is 10.6 Å². The molecule has 0 atom stereocenters. The first kappa shape index (κ1) is 24.0. The predicted octanol–water partition coefficient (Wildman–Crippen LogP) is 3.78. The Labute approximate surface area is 209 Å². The molecular formula is C25H22BrN5O4. The zero-order chi connectivity index (χ0) is 25.1. The molecule has 3 aromatic rings. The lowest BCUT2D eigenvalue weighted by Crippen LogP contribution is -2.38. The molecule has 0 saturated carbocycles. The molecule has 0 aliphatic carbocycles. The van der Waals surface area contributed by atoms with Crippen molar-refractivity contribution in [2.45, 2.75) is 13.8 Å². The molecular weight excluding hydrogens is 514 g/mol. The largest absolute Gasteiger partial charge is 0.329 e. The summed E-state index contributed by atoms with van der Waals surface area (Å²) in [5.41, 5.74) is 5.98. The van der Waals surface area contributed by atoms with Crippen LogP contribution in [0.4, 0.5) is 10.5 Å². The summed E-state index contributed by atoms with van der Waals surface area (Å²) >= 11 is 3.32. The summed E-state index contributed by atoms with van der Waals surface area (Å²) in [6, 6.07) is 16.8. The second-order valence-electron chi connectivity index (χ2n) is 7.90. The smallest absolute Gasteiger partial charge is 0.325 e. The van der Waals surface area contributed by atoms with Crippen LogP contribution in [0.5, 0.6) is 0 Å². The van der Waals surface area contributed by atoms with Crippen LogP contribution >= 0.6 is 15.9 Å². The molecule has 0 unspecified atom stereocenters. The van der Waals surface area contributed by atoms with Crippen LogP contribution in [0.25, 0.3) is 6.08 Å². The normalized spacial score (nSPS) is 14.3. The van der Waals surface area contributed by atoms with Gasteiger partial charge in [-0.15, -0.1) is 0 Å². The van der Waals surface area contributed by atoms with Crippen LogP contribution in [0.1, 0.15) is 27.3 Å². The molecule has 0 spiro atoms. The van der Waals surface area contributed by atoms with E-state index in [9.17, 15) is 19.2 Å². The number of aromatic nitrogens is 1. The number of amides is 5. The van der Waals surface area contributed by atoms with Gasteiger partial charge in [0.1, 0.15) is 12.2 Å². The molecule has 4 rings (SSSR count). The Morgan fingerprint density at radius 1 is 1.03 bits per heavy atom. The molecule has 2 heterocycles. The number of hydrogen-bond donors (Lipinski definition) is 3. The van der Waals surface area contributed by atoms with E-state index in [0.29, 0.717) is 22.5 Å². The highest BCUT2D eigenvalue weighted by atomic mass is 79.9. The monoisotopic (exact) mass is 535 g/mol. The van der Waals surface area contributed by atoms with Crippen molar-refractivity contribution in [2.75, 3.05) is 17.3 Å². The van der Waals surface area contributed by atoms with E-state index in [2.05, 4.69) is 32.0 Å². The Morgan fingerprint density at radius 3 is 2.40 bits per heavy atom. The first-order valence-corrected chi connectivity index (χ1v) is 11.5. The van der Waals surface area contributed by atoms with E-state index in [0.717, 1.165) is 15.1 Å². The highest BCUT2D eigenvalue weighted by Crippen LogP contribution is 2.20. The van der Waals surface area contributed by atoms with Gasteiger partial charge in [-0.2, -0.15) is 0 Å². The Morgan fingerprint density at radius 2 is 1.71 bits per heavy atom. The van der Waals surface area contributed by atoms with Crippen LogP contribution in [-0.2, 0) is 9.59 Å². The van der Waals surface area contributed by atoms with Gasteiger partial charge in [-0.1, -0.05) is 34.1 Å². The molecule has 1 aliphatic heterocycles. The highest BCUT2D eigenvalue weighted by molar-refractivity contribution is 9.10. The minimum Gasteiger partial charge on any atom is -0.325 e. The van der Waals surface area contributed by atoms with Crippen molar-refractivity contribution in [2.24, 2.45) is 0 Å². The third kappa shape index (κ3) is 5.33. The van der Waals surface area contributed by atoms with Crippen LogP contribution in [0.3, 0.4) is 0 Å². The molecule has 0 bridgehead atoms. The number of imide groups is 1. The third-order valence-electron chi connectivity index (χ3n) is 5.41. The van der Waals surface area contributed by atoms with Crippen LogP contribution in [0.2, 0.25) is 0 Å². The number of urea groups is 1. The number of carbonyl (C=O) groups is 4. The number of hydrogen-bond acceptors (Lipinski definition) is 4. The lowest BCUT2D eigenvalue weighted by Gasteiger charge is -2.12. The third-order valence-corrected chi connectivity index (χ3v) is 5.94. The zero-order valence-corrected chi connectivity index (χ0v) is 20.5. The fraction of sp³-hybridized carbons (Fsp3) is 0.120. The molecule has 0 radical (unpaired) electrons. The van der Waals surface area contributed by atoms with Gasteiger partial charge in [-0.3, -0.25) is 24.5 Å². The van der Waals surface area contributed by atoms with E-state index >= 15 is 0 Å². The maximum Gasteiger partial charge on any atom is 0.329 e. The average molecular weight is 536 g/mol. The number of nitrogens with zero attached hydrogens (tertiary/aromatic N) is 2. The second-order valence-corrected chi connectivity index (χ2v) is 8.82. The number of benzene rings is 2. The fourth-order valence-corrected chi connectivity index (χ4v) is 3.87. The molecule has 1 aromatic heterocycles. The lowest BCUT2D eigenvalue weighted by atomic mass is 10.2. The van der Waals surface area contributed by atoms with E-state index < -0.39 is 24.4 Å². The Balaban J connectivity index is 1.47. The van der Waals surface area contributed by atoms with E-state index in [4.69, 9.17) is 0 Å². The molecule has 35 heavy (non-hydrogen) atoms. The van der Waals surface area contributed by atoms with Crippen molar-refractivity contribution in [3.63, 3.8) is 0 Å². The number of aryl methyl sites for hydroxylation is 1. The van der Waals surface area contributed by atoms with Crippen LogP contribution in [0.15, 0.2) is 70.8 Å². The van der Waals surface area contributed by atoms with Gasteiger partial charge in [-0.05, 0) is 68.0 Å². The van der Waals surface area contributed by atoms with Gasteiger partial charge in [-0.25, -0.2) is 9.69 Å². The van der Waals surface area contributed by atoms with Crippen molar-refractivity contribution < 1.29 is 19.2 Å². The minimum absolute atomic E-state index is 0.0427. The van der Waals surface area contributed by atoms with Crippen LogP contribution < -0.4 is 16.1 Å². The first-order chi connectivity index (χ1) is 16.7. The summed E-state index contributed by atoms with van der Waals surface area (Å²) in [5, 5.41) is 5.17. The number of anilines is 1. The van der Waals surface area contributed by atoms with Crippen molar-refractivity contribution in [1.29, 1.82) is 0 Å². The van der Waals surface area contributed by atoms with Gasteiger partial charge in [0.05, 0.1) is 0 Å². The molecule has 1 fully saturated rings. The number of rotatable bonds is 6. The molecule has 5 amide bonds. The topological polar surface area (TPSA) is 113 Å². The number of nitrogens with one attached hydrogen (secondary N) is 3. The summed E-state index contributed by atoms with van der Waals surface area (Å²) in [4.78, 5) is 51.0. The Kier molecular flexibility index (Phi) is 6.83. The average Bonchev–Trinajstić information content (AvgIpc) is 3.25. The van der Waals surface area contributed by atoms with Crippen molar-refractivity contribution in [1.82, 2.24) is 14.9 Å². The van der Waals surface area contributed by atoms with E-state index in [1.54, 1.807) is 66.2 Å². The summed E-state index contributed by atoms with van der Waals surface area (Å²) in [7, 11) is 0. The lowest BCUT2D eigenvalue weighted by molar-refractivity contribution is -0.127. The maximum absolute atomic E-state index is 12.8. The summed E-state index contributed by atoms with van der Waals surface area (Å²) < 4.78 is 2.48. The molecule has 1 aliphatic rings. The summed E-state index contributed by atoms with van der Waals surface area (Å²) in [6.07, 6.45) is 1.53. The molecule has 10 heteroatoms. The predicted molar refractivity (Wildman–Crippen MR) is 135 cm³/mol. The number of carbonyl (C=O) groups excluding carboxylic acids is 4. The Hall–Kier alpha value is -4.18.